The molecular formula is C16H17Cl2N3O3. The van der Waals surface area contributed by atoms with Crippen LogP contribution in [0.25, 0.3) is 0 Å². The van der Waals surface area contributed by atoms with E-state index in [1.807, 2.05) is 6.07 Å². The Bertz CT molecular complexity index is 777. The molecule has 24 heavy (non-hydrogen) atoms. The highest BCUT2D eigenvalue weighted by Gasteiger charge is 2.10. The Hall–Kier alpha value is -1.89. The number of halogens is 2. The quantitative estimate of drug-likeness (QED) is 0.811. The number of nitrogens with one attached hydrogen (secondary N) is 1. The molecule has 6 nitrogen and oxygen atoms in total. The van der Waals surface area contributed by atoms with Crippen LogP contribution in [0.15, 0.2) is 35.1 Å². The Kier molecular flexibility index (Phi) is 6.78. The van der Waals surface area contributed by atoms with E-state index in [0.717, 1.165) is 5.56 Å². The van der Waals surface area contributed by atoms with Crippen molar-refractivity contribution in [2.75, 3.05) is 20.3 Å². The molecule has 1 heterocycles. The van der Waals surface area contributed by atoms with Gasteiger partial charge in [0.15, 0.2) is 0 Å². The lowest BCUT2D eigenvalue weighted by atomic mass is 10.1. The molecule has 1 amide bonds. The van der Waals surface area contributed by atoms with Crippen molar-refractivity contribution in [1.82, 2.24) is 15.1 Å². The molecule has 0 aliphatic carbocycles. The second-order valence-electron chi connectivity index (χ2n) is 4.99. The highest BCUT2D eigenvalue weighted by Crippen LogP contribution is 2.25. The van der Waals surface area contributed by atoms with E-state index in [9.17, 15) is 9.59 Å². The van der Waals surface area contributed by atoms with Crippen molar-refractivity contribution in [1.29, 1.82) is 0 Å². The molecule has 0 bridgehead atoms. The topological polar surface area (TPSA) is 73.2 Å². The summed E-state index contributed by atoms with van der Waals surface area (Å²) in [7, 11) is 1.53. The predicted molar refractivity (Wildman–Crippen MR) is 92.9 cm³/mol. The molecule has 0 spiro atoms. The largest absolute Gasteiger partial charge is 0.383 e. The zero-order chi connectivity index (χ0) is 17.5. The van der Waals surface area contributed by atoms with E-state index >= 15 is 0 Å². The fraction of sp³-hybridized carbons (Fsp3) is 0.312. The van der Waals surface area contributed by atoms with Crippen molar-refractivity contribution in [3.05, 3.63) is 62.0 Å². The molecular weight excluding hydrogens is 353 g/mol. The molecule has 0 fully saturated rings. The summed E-state index contributed by atoms with van der Waals surface area (Å²) in [6.07, 6.45) is 0.536. The Labute approximate surface area is 149 Å². The van der Waals surface area contributed by atoms with Gasteiger partial charge in [-0.1, -0.05) is 35.3 Å². The van der Waals surface area contributed by atoms with E-state index in [0.29, 0.717) is 29.6 Å². The summed E-state index contributed by atoms with van der Waals surface area (Å²) >= 11 is 12.1. The number of nitrogens with zero attached hydrogens (tertiary/aromatic N) is 2. The first kappa shape index (κ1) is 18.4. The van der Waals surface area contributed by atoms with Crippen molar-refractivity contribution in [3.8, 4) is 0 Å². The minimum Gasteiger partial charge on any atom is -0.383 e. The third-order valence-electron chi connectivity index (χ3n) is 3.32. The van der Waals surface area contributed by atoms with Gasteiger partial charge >= 0.3 is 0 Å². The SMILES string of the molecule is COCCn1nc(C(=O)NCCc2cccc(Cl)c2Cl)ccc1=O. The normalized spacial score (nSPS) is 10.6. The van der Waals surface area contributed by atoms with Crippen LogP contribution in [0.3, 0.4) is 0 Å². The predicted octanol–water partition coefficient (Wildman–Crippen LogP) is 2.17. The van der Waals surface area contributed by atoms with E-state index in [1.165, 1.54) is 23.9 Å². The van der Waals surface area contributed by atoms with Crippen LogP contribution in [0.5, 0.6) is 0 Å². The lowest BCUT2D eigenvalue weighted by Crippen LogP contribution is -2.31. The summed E-state index contributed by atoms with van der Waals surface area (Å²) in [6.45, 7) is 0.998. The van der Waals surface area contributed by atoms with Gasteiger partial charge in [0.1, 0.15) is 5.69 Å². The number of carbonyl (C=O) groups excluding carboxylic acids is 1. The molecule has 0 aliphatic heterocycles. The standard InChI is InChI=1S/C16H17Cl2N3O3/c1-24-10-9-21-14(22)6-5-13(20-21)16(23)19-8-7-11-3-2-4-12(17)15(11)18/h2-6H,7-10H2,1H3,(H,19,23). The Balaban J connectivity index is 1.97. The van der Waals surface area contributed by atoms with Crippen LogP contribution >= 0.6 is 23.2 Å². The molecule has 0 atom stereocenters. The molecule has 2 rings (SSSR count). The highest BCUT2D eigenvalue weighted by molar-refractivity contribution is 6.42. The van der Waals surface area contributed by atoms with E-state index < -0.39 is 0 Å². The van der Waals surface area contributed by atoms with Crippen molar-refractivity contribution in [2.45, 2.75) is 13.0 Å². The van der Waals surface area contributed by atoms with Gasteiger partial charge in [0.05, 0.1) is 23.2 Å². The fourth-order valence-electron chi connectivity index (χ4n) is 2.05. The first-order valence-electron chi connectivity index (χ1n) is 7.31. The average molecular weight is 370 g/mol. The third-order valence-corrected chi connectivity index (χ3v) is 4.18. The number of hydrogen-bond donors (Lipinski definition) is 1. The molecule has 2 aromatic rings. The maximum atomic E-state index is 12.1. The van der Waals surface area contributed by atoms with E-state index in [2.05, 4.69) is 10.4 Å². The zero-order valence-corrected chi connectivity index (χ0v) is 14.6. The van der Waals surface area contributed by atoms with Gasteiger partial charge in [-0.3, -0.25) is 9.59 Å². The number of rotatable bonds is 7. The monoisotopic (exact) mass is 369 g/mol. The van der Waals surface area contributed by atoms with Crippen LogP contribution in [-0.2, 0) is 17.7 Å². The second kappa shape index (κ2) is 8.82. The van der Waals surface area contributed by atoms with Gasteiger partial charge in [0, 0.05) is 19.7 Å². The maximum absolute atomic E-state index is 12.1. The van der Waals surface area contributed by atoms with Gasteiger partial charge in [-0.2, -0.15) is 5.10 Å². The van der Waals surface area contributed by atoms with E-state index in [4.69, 9.17) is 27.9 Å². The van der Waals surface area contributed by atoms with Gasteiger partial charge in [-0.05, 0) is 24.1 Å². The van der Waals surface area contributed by atoms with Crippen LogP contribution in [0.4, 0.5) is 0 Å². The van der Waals surface area contributed by atoms with E-state index in [-0.39, 0.29) is 23.7 Å². The maximum Gasteiger partial charge on any atom is 0.271 e. The summed E-state index contributed by atoms with van der Waals surface area (Å²) in [6, 6.07) is 8.07. The summed E-state index contributed by atoms with van der Waals surface area (Å²) in [5, 5.41) is 7.74. The van der Waals surface area contributed by atoms with Crippen molar-refractivity contribution in [2.24, 2.45) is 0 Å². The van der Waals surface area contributed by atoms with Crippen LogP contribution in [0.1, 0.15) is 16.1 Å². The number of hydrogen-bond acceptors (Lipinski definition) is 4. The number of amides is 1. The number of carbonyl (C=O) groups is 1. The molecule has 1 N–H and O–H groups in total. The Morgan fingerprint density at radius 2 is 2.08 bits per heavy atom. The minimum atomic E-state index is -0.362. The molecule has 0 radical (unpaired) electrons. The Morgan fingerprint density at radius 3 is 2.83 bits per heavy atom. The Morgan fingerprint density at radius 1 is 1.29 bits per heavy atom. The lowest BCUT2D eigenvalue weighted by Gasteiger charge is -2.09. The van der Waals surface area contributed by atoms with Crippen molar-refractivity contribution < 1.29 is 9.53 Å². The molecule has 0 saturated carbocycles. The smallest absolute Gasteiger partial charge is 0.271 e. The second-order valence-corrected chi connectivity index (χ2v) is 5.78. The first-order valence-corrected chi connectivity index (χ1v) is 8.06. The first-order chi connectivity index (χ1) is 11.5. The van der Waals surface area contributed by atoms with Crippen molar-refractivity contribution in [3.63, 3.8) is 0 Å². The highest BCUT2D eigenvalue weighted by atomic mass is 35.5. The fourth-order valence-corrected chi connectivity index (χ4v) is 2.47. The number of ether oxygens (including phenoxy) is 1. The molecule has 8 heteroatoms. The van der Waals surface area contributed by atoms with Gasteiger partial charge in [0.25, 0.3) is 11.5 Å². The molecule has 1 aromatic carbocycles. The lowest BCUT2D eigenvalue weighted by molar-refractivity contribution is 0.0945. The van der Waals surface area contributed by atoms with Crippen LogP contribution in [0.2, 0.25) is 10.0 Å². The van der Waals surface area contributed by atoms with Crippen molar-refractivity contribution >= 4 is 29.1 Å². The number of benzene rings is 1. The number of aromatic nitrogens is 2. The zero-order valence-electron chi connectivity index (χ0n) is 13.1. The van der Waals surface area contributed by atoms with Crippen LogP contribution < -0.4 is 10.9 Å². The third kappa shape index (κ3) is 4.80. The molecule has 0 aliphatic rings. The van der Waals surface area contributed by atoms with Gasteiger partial charge in [-0.25, -0.2) is 4.68 Å². The average Bonchev–Trinajstić information content (AvgIpc) is 2.57. The molecule has 0 unspecified atom stereocenters. The molecule has 1 aromatic heterocycles. The summed E-state index contributed by atoms with van der Waals surface area (Å²) in [5.74, 6) is -0.362. The van der Waals surface area contributed by atoms with Gasteiger partial charge in [0.2, 0.25) is 0 Å². The molecule has 0 saturated heterocycles. The van der Waals surface area contributed by atoms with Gasteiger partial charge in [-0.15, -0.1) is 0 Å². The van der Waals surface area contributed by atoms with E-state index in [1.54, 1.807) is 12.1 Å². The van der Waals surface area contributed by atoms with Gasteiger partial charge < -0.3 is 10.1 Å². The summed E-state index contributed by atoms with van der Waals surface area (Å²) in [4.78, 5) is 23.8. The minimum absolute atomic E-state index is 0.169. The summed E-state index contributed by atoms with van der Waals surface area (Å²) < 4.78 is 6.11. The van der Waals surface area contributed by atoms with Crippen LogP contribution in [-0.4, -0.2) is 35.9 Å². The molecule has 128 valence electrons. The summed E-state index contributed by atoms with van der Waals surface area (Å²) in [5.41, 5.74) is 0.736. The number of methoxy groups -OCH3 is 1. The van der Waals surface area contributed by atoms with Crippen LogP contribution in [0, 0.1) is 0 Å².